The summed E-state index contributed by atoms with van der Waals surface area (Å²) in [6.07, 6.45) is 1.97. The van der Waals surface area contributed by atoms with Gasteiger partial charge in [-0.3, -0.25) is 14.5 Å². The van der Waals surface area contributed by atoms with Gasteiger partial charge in [0.05, 0.1) is 6.42 Å². The van der Waals surface area contributed by atoms with E-state index in [-0.39, 0.29) is 19.5 Å². The predicted octanol–water partition coefficient (Wildman–Crippen LogP) is 2.81. The van der Waals surface area contributed by atoms with Gasteiger partial charge in [-0.05, 0) is 41.5 Å². The number of ether oxygens (including phenoxy) is 2. The highest BCUT2D eigenvalue weighted by Gasteiger charge is 2.35. The molecule has 0 unspecified atom stereocenters. The third-order valence-electron chi connectivity index (χ3n) is 2.83. The molecule has 0 aliphatic rings. The molecule has 0 aromatic rings. The summed E-state index contributed by atoms with van der Waals surface area (Å²) < 4.78 is 10.6. The maximum absolute atomic E-state index is 12.5. The summed E-state index contributed by atoms with van der Waals surface area (Å²) in [5.74, 6) is -1.09. The van der Waals surface area contributed by atoms with E-state index in [2.05, 4.69) is 18.5 Å². The Kier molecular flexibility index (Phi) is 9.10. The van der Waals surface area contributed by atoms with Crippen LogP contribution in [0.5, 0.6) is 0 Å². The maximum atomic E-state index is 12.5. The molecule has 0 spiro atoms. The Hall–Kier alpha value is -2.31. The van der Waals surface area contributed by atoms with Crippen molar-refractivity contribution in [3.8, 4) is 0 Å². The summed E-state index contributed by atoms with van der Waals surface area (Å²) >= 11 is 0. The molecule has 26 heavy (non-hydrogen) atoms. The van der Waals surface area contributed by atoms with E-state index in [0.717, 1.165) is 0 Å². The van der Waals surface area contributed by atoms with Gasteiger partial charge in [0, 0.05) is 13.1 Å². The molecule has 0 rings (SSSR count). The molecule has 0 heterocycles. The van der Waals surface area contributed by atoms with Crippen LogP contribution in [0.1, 0.15) is 48.0 Å². The molecule has 0 aliphatic carbocycles. The van der Waals surface area contributed by atoms with Crippen molar-refractivity contribution in [2.45, 2.75) is 65.2 Å². The second kappa shape index (κ2) is 9.99. The molecule has 0 fully saturated rings. The number of hydrogen-bond acceptors (Lipinski definition) is 5. The monoisotopic (exact) mass is 368 g/mol. The molecule has 2 amide bonds. The van der Waals surface area contributed by atoms with Crippen LogP contribution in [0, 0.1) is 0 Å². The summed E-state index contributed by atoms with van der Waals surface area (Å²) in [4.78, 5) is 38.5. The average molecular weight is 368 g/mol. The Bertz CT molecular complexity index is 529. The fourth-order valence-electron chi connectivity index (χ4n) is 1.96. The molecule has 1 atom stereocenters. The van der Waals surface area contributed by atoms with Crippen LogP contribution in [0.2, 0.25) is 0 Å². The zero-order valence-corrected chi connectivity index (χ0v) is 16.8. The van der Waals surface area contributed by atoms with Crippen molar-refractivity contribution in [2.75, 3.05) is 13.1 Å². The quantitative estimate of drug-likeness (QED) is 0.526. The molecular formula is C19H32N2O5. The molecule has 0 radical (unpaired) electrons. The van der Waals surface area contributed by atoms with Gasteiger partial charge >= 0.3 is 12.1 Å². The number of rotatable bonds is 8. The summed E-state index contributed by atoms with van der Waals surface area (Å²) in [6, 6.07) is -1.09. The van der Waals surface area contributed by atoms with Crippen molar-refractivity contribution >= 4 is 18.0 Å². The molecule has 0 aromatic heterocycles. The van der Waals surface area contributed by atoms with E-state index in [0.29, 0.717) is 0 Å². The minimum atomic E-state index is -1.09. The first-order chi connectivity index (χ1) is 11.8. The molecule has 7 nitrogen and oxygen atoms in total. The standard InChI is InChI=1S/C19H32N2O5/c1-9-11-20-16(23)14(13-15(22)25-18(3,4)5)21(12-10-2)17(24)26-19(6,7)8/h9-10,14H,1-2,11-13H2,3-8H3,(H,20,23)/t14-/m0/s1. The minimum Gasteiger partial charge on any atom is -0.460 e. The van der Waals surface area contributed by atoms with Crippen molar-refractivity contribution in [3.63, 3.8) is 0 Å². The van der Waals surface area contributed by atoms with E-state index in [4.69, 9.17) is 9.47 Å². The van der Waals surface area contributed by atoms with Gasteiger partial charge in [0.25, 0.3) is 0 Å². The summed E-state index contributed by atoms with van der Waals surface area (Å²) in [7, 11) is 0. The second-order valence-electron chi connectivity index (χ2n) is 7.76. The number of nitrogens with one attached hydrogen (secondary N) is 1. The van der Waals surface area contributed by atoms with Crippen LogP contribution >= 0.6 is 0 Å². The van der Waals surface area contributed by atoms with Crippen molar-refractivity contribution in [3.05, 3.63) is 25.3 Å². The first-order valence-electron chi connectivity index (χ1n) is 8.51. The number of nitrogens with zero attached hydrogens (tertiary/aromatic N) is 1. The smallest absolute Gasteiger partial charge is 0.411 e. The third-order valence-corrected chi connectivity index (χ3v) is 2.83. The Morgan fingerprint density at radius 2 is 1.54 bits per heavy atom. The second-order valence-corrected chi connectivity index (χ2v) is 7.76. The van der Waals surface area contributed by atoms with E-state index >= 15 is 0 Å². The molecular weight excluding hydrogens is 336 g/mol. The van der Waals surface area contributed by atoms with Crippen LogP contribution in [0.3, 0.4) is 0 Å². The summed E-state index contributed by atoms with van der Waals surface area (Å²) in [5, 5.41) is 2.61. The van der Waals surface area contributed by atoms with Gasteiger partial charge in [-0.25, -0.2) is 4.79 Å². The van der Waals surface area contributed by atoms with Crippen LogP contribution in [0.15, 0.2) is 25.3 Å². The molecule has 0 saturated heterocycles. The van der Waals surface area contributed by atoms with Crippen LogP contribution in [-0.2, 0) is 19.1 Å². The van der Waals surface area contributed by atoms with Crippen LogP contribution in [-0.4, -0.2) is 53.2 Å². The lowest BCUT2D eigenvalue weighted by atomic mass is 10.1. The fourth-order valence-corrected chi connectivity index (χ4v) is 1.96. The zero-order valence-electron chi connectivity index (χ0n) is 16.8. The van der Waals surface area contributed by atoms with Crippen LogP contribution in [0.25, 0.3) is 0 Å². The molecule has 0 saturated carbocycles. The molecule has 0 aliphatic heterocycles. The highest BCUT2D eigenvalue weighted by Crippen LogP contribution is 2.16. The summed E-state index contributed by atoms with van der Waals surface area (Å²) in [5.41, 5.74) is -1.45. The molecule has 1 N–H and O–H groups in total. The largest absolute Gasteiger partial charge is 0.460 e. The summed E-state index contributed by atoms with van der Waals surface area (Å²) in [6.45, 7) is 17.7. The zero-order chi connectivity index (χ0) is 20.5. The highest BCUT2D eigenvalue weighted by atomic mass is 16.6. The Morgan fingerprint density at radius 1 is 1.00 bits per heavy atom. The lowest BCUT2D eigenvalue weighted by molar-refractivity contribution is -0.157. The van der Waals surface area contributed by atoms with Gasteiger partial charge in [0.1, 0.15) is 17.2 Å². The van der Waals surface area contributed by atoms with E-state index in [1.807, 2.05) is 0 Å². The van der Waals surface area contributed by atoms with E-state index < -0.39 is 35.2 Å². The number of amides is 2. The first kappa shape index (κ1) is 23.7. The lowest BCUT2D eigenvalue weighted by Gasteiger charge is -2.32. The van der Waals surface area contributed by atoms with Gasteiger partial charge in [-0.2, -0.15) is 0 Å². The molecule has 0 bridgehead atoms. The van der Waals surface area contributed by atoms with Crippen molar-refractivity contribution in [2.24, 2.45) is 0 Å². The maximum Gasteiger partial charge on any atom is 0.411 e. The van der Waals surface area contributed by atoms with Crippen LogP contribution in [0.4, 0.5) is 4.79 Å². The molecule has 7 heteroatoms. The molecule has 148 valence electrons. The molecule has 0 aromatic carbocycles. The lowest BCUT2D eigenvalue weighted by Crippen LogP contribution is -2.52. The Morgan fingerprint density at radius 3 is 1.96 bits per heavy atom. The van der Waals surface area contributed by atoms with Gasteiger partial charge < -0.3 is 14.8 Å². The van der Waals surface area contributed by atoms with Crippen molar-refractivity contribution < 1.29 is 23.9 Å². The van der Waals surface area contributed by atoms with Gasteiger partial charge in [0.15, 0.2) is 0 Å². The van der Waals surface area contributed by atoms with E-state index in [9.17, 15) is 14.4 Å². The number of hydrogen-bond donors (Lipinski definition) is 1. The van der Waals surface area contributed by atoms with Gasteiger partial charge in [-0.1, -0.05) is 12.2 Å². The van der Waals surface area contributed by atoms with E-state index in [1.165, 1.54) is 17.1 Å². The van der Waals surface area contributed by atoms with Gasteiger partial charge in [-0.15, -0.1) is 13.2 Å². The van der Waals surface area contributed by atoms with E-state index in [1.54, 1.807) is 41.5 Å². The van der Waals surface area contributed by atoms with Gasteiger partial charge in [0.2, 0.25) is 5.91 Å². The van der Waals surface area contributed by atoms with Crippen molar-refractivity contribution in [1.29, 1.82) is 0 Å². The topological polar surface area (TPSA) is 84.9 Å². The minimum absolute atomic E-state index is 0.0455. The normalized spacial score (nSPS) is 12.5. The van der Waals surface area contributed by atoms with Crippen LogP contribution < -0.4 is 5.32 Å². The first-order valence-corrected chi connectivity index (χ1v) is 8.51. The number of carbonyl (C=O) groups excluding carboxylic acids is 3. The SMILES string of the molecule is C=CCNC(=O)[C@H](CC(=O)OC(C)(C)C)N(CC=C)C(=O)OC(C)(C)C. The van der Waals surface area contributed by atoms with Crippen molar-refractivity contribution in [1.82, 2.24) is 10.2 Å². The number of esters is 1. The fraction of sp³-hybridized carbons (Fsp3) is 0.632. The third kappa shape index (κ3) is 9.86. The average Bonchev–Trinajstić information content (AvgIpc) is 2.44. The highest BCUT2D eigenvalue weighted by molar-refractivity contribution is 5.89. The number of carbonyl (C=O) groups is 3. The Labute approximate surface area is 156 Å². The predicted molar refractivity (Wildman–Crippen MR) is 101 cm³/mol. The Balaban J connectivity index is 5.55.